The number of fused-ring (bicyclic) bond motifs is 1. The molecule has 0 aliphatic carbocycles. The molecular formula is C16H15NO3. The highest BCUT2D eigenvalue weighted by atomic mass is 16.5. The first kappa shape index (κ1) is 12.4. The molecule has 0 atom stereocenters. The Bertz CT molecular complexity index is 733. The number of nitrogen functional groups attached to an aromatic ring is 1. The molecule has 20 heavy (non-hydrogen) atoms. The summed E-state index contributed by atoms with van der Waals surface area (Å²) in [4.78, 5) is 0. The summed E-state index contributed by atoms with van der Waals surface area (Å²) < 4.78 is 16.4. The zero-order chi connectivity index (χ0) is 13.9. The predicted octanol–water partition coefficient (Wildman–Crippen LogP) is 3.60. The minimum atomic E-state index is 0.397. The third-order valence-corrected chi connectivity index (χ3v) is 3.14. The first-order valence-corrected chi connectivity index (χ1v) is 6.29. The number of rotatable bonds is 4. The van der Waals surface area contributed by atoms with Crippen molar-refractivity contribution >= 4 is 16.7 Å². The summed E-state index contributed by atoms with van der Waals surface area (Å²) in [6, 6.07) is 13.1. The Morgan fingerprint density at radius 1 is 1.10 bits per heavy atom. The highest BCUT2D eigenvalue weighted by Crippen LogP contribution is 2.28. The number of anilines is 1. The van der Waals surface area contributed by atoms with Crippen LogP contribution < -0.4 is 15.2 Å². The Kier molecular flexibility index (Phi) is 3.21. The fraction of sp³-hybridized carbons (Fsp3) is 0.125. The zero-order valence-corrected chi connectivity index (χ0v) is 11.1. The van der Waals surface area contributed by atoms with Crippen LogP contribution in [-0.4, -0.2) is 7.11 Å². The van der Waals surface area contributed by atoms with Gasteiger partial charge in [-0.15, -0.1) is 0 Å². The van der Waals surface area contributed by atoms with Crippen molar-refractivity contribution in [2.24, 2.45) is 0 Å². The molecule has 3 rings (SSSR count). The number of methoxy groups -OCH3 is 1. The van der Waals surface area contributed by atoms with E-state index in [0.29, 0.717) is 12.3 Å². The lowest BCUT2D eigenvalue weighted by atomic mass is 10.1. The number of furan rings is 1. The average Bonchev–Trinajstić information content (AvgIpc) is 2.90. The van der Waals surface area contributed by atoms with Gasteiger partial charge in [0.05, 0.1) is 13.4 Å². The molecular weight excluding hydrogens is 254 g/mol. The van der Waals surface area contributed by atoms with Crippen molar-refractivity contribution < 1.29 is 13.9 Å². The molecule has 0 saturated heterocycles. The maximum atomic E-state index is 5.98. The quantitative estimate of drug-likeness (QED) is 0.735. The van der Waals surface area contributed by atoms with Gasteiger partial charge < -0.3 is 19.6 Å². The average molecular weight is 269 g/mol. The molecule has 0 amide bonds. The molecule has 0 bridgehead atoms. The zero-order valence-electron chi connectivity index (χ0n) is 11.1. The Balaban J connectivity index is 1.83. The largest absolute Gasteiger partial charge is 0.497 e. The van der Waals surface area contributed by atoms with Crippen LogP contribution in [0.2, 0.25) is 0 Å². The first-order valence-electron chi connectivity index (χ1n) is 6.29. The standard InChI is InChI=1S/C16H15NO3/c1-18-12-4-2-5-13(8-12)19-9-11-10-20-15-7-3-6-14(17)16(11)15/h2-8,10H,9,17H2,1H3. The van der Waals surface area contributed by atoms with Gasteiger partial charge in [-0.1, -0.05) is 12.1 Å². The first-order chi connectivity index (χ1) is 9.78. The van der Waals surface area contributed by atoms with Gasteiger partial charge in [-0.3, -0.25) is 0 Å². The monoisotopic (exact) mass is 269 g/mol. The topological polar surface area (TPSA) is 57.6 Å². The van der Waals surface area contributed by atoms with Gasteiger partial charge in [0.2, 0.25) is 0 Å². The van der Waals surface area contributed by atoms with E-state index in [4.69, 9.17) is 19.6 Å². The van der Waals surface area contributed by atoms with Crippen LogP contribution in [0.3, 0.4) is 0 Å². The molecule has 0 radical (unpaired) electrons. The summed E-state index contributed by atoms with van der Waals surface area (Å²) in [5, 5.41) is 0.912. The Morgan fingerprint density at radius 3 is 2.75 bits per heavy atom. The normalized spacial score (nSPS) is 10.7. The summed E-state index contributed by atoms with van der Waals surface area (Å²) in [7, 11) is 1.63. The van der Waals surface area contributed by atoms with Gasteiger partial charge >= 0.3 is 0 Å². The number of hydrogen-bond acceptors (Lipinski definition) is 4. The van der Waals surface area contributed by atoms with Crippen molar-refractivity contribution in [1.29, 1.82) is 0 Å². The molecule has 0 saturated carbocycles. The van der Waals surface area contributed by atoms with E-state index in [0.717, 1.165) is 28.0 Å². The van der Waals surface area contributed by atoms with Crippen LogP contribution in [0.4, 0.5) is 5.69 Å². The predicted molar refractivity (Wildman–Crippen MR) is 78.0 cm³/mol. The van der Waals surface area contributed by atoms with Crippen molar-refractivity contribution in [2.45, 2.75) is 6.61 Å². The van der Waals surface area contributed by atoms with Crippen LogP contribution in [0.1, 0.15) is 5.56 Å². The maximum Gasteiger partial charge on any atom is 0.136 e. The Morgan fingerprint density at radius 2 is 1.90 bits per heavy atom. The molecule has 1 aromatic heterocycles. The highest BCUT2D eigenvalue weighted by molar-refractivity contribution is 5.92. The van der Waals surface area contributed by atoms with Crippen LogP contribution in [0.25, 0.3) is 11.0 Å². The van der Waals surface area contributed by atoms with Crippen LogP contribution in [0.15, 0.2) is 53.1 Å². The van der Waals surface area contributed by atoms with Gasteiger partial charge in [0.25, 0.3) is 0 Å². The second-order valence-electron chi connectivity index (χ2n) is 4.45. The summed E-state index contributed by atoms with van der Waals surface area (Å²) in [5.74, 6) is 1.51. The van der Waals surface area contributed by atoms with E-state index in [9.17, 15) is 0 Å². The second kappa shape index (κ2) is 5.17. The van der Waals surface area contributed by atoms with Gasteiger partial charge in [0.1, 0.15) is 23.7 Å². The molecule has 3 aromatic rings. The summed E-state index contributed by atoms with van der Waals surface area (Å²) in [5.41, 5.74) is 8.38. The Labute approximate surface area is 116 Å². The smallest absolute Gasteiger partial charge is 0.136 e. The molecule has 2 N–H and O–H groups in total. The van der Waals surface area contributed by atoms with Crippen molar-refractivity contribution in [3.8, 4) is 11.5 Å². The van der Waals surface area contributed by atoms with Crippen molar-refractivity contribution in [2.75, 3.05) is 12.8 Å². The molecule has 0 unspecified atom stereocenters. The molecule has 0 aliphatic heterocycles. The fourth-order valence-electron chi connectivity index (χ4n) is 2.14. The van der Waals surface area contributed by atoms with Gasteiger partial charge in [-0.2, -0.15) is 0 Å². The number of benzene rings is 2. The van der Waals surface area contributed by atoms with Crippen molar-refractivity contribution in [1.82, 2.24) is 0 Å². The lowest BCUT2D eigenvalue weighted by Crippen LogP contribution is -1.96. The van der Waals surface area contributed by atoms with Crippen LogP contribution >= 0.6 is 0 Å². The van der Waals surface area contributed by atoms with E-state index in [1.807, 2.05) is 42.5 Å². The van der Waals surface area contributed by atoms with Gasteiger partial charge in [0, 0.05) is 22.7 Å². The number of ether oxygens (including phenoxy) is 2. The Hall–Kier alpha value is -2.62. The lowest BCUT2D eigenvalue weighted by molar-refractivity contribution is 0.303. The molecule has 1 heterocycles. The summed E-state index contributed by atoms with van der Waals surface area (Å²) >= 11 is 0. The van der Waals surface area contributed by atoms with Crippen LogP contribution in [-0.2, 0) is 6.61 Å². The van der Waals surface area contributed by atoms with E-state index in [1.165, 1.54) is 0 Å². The highest BCUT2D eigenvalue weighted by Gasteiger charge is 2.09. The van der Waals surface area contributed by atoms with Crippen molar-refractivity contribution in [3.63, 3.8) is 0 Å². The molecule has 0 aliphatic rings. The third kappa shape index (κ3) is 2.28. The summed E-state index contributed by atoms with van der Waals surface area (Å²) in [6.07, 6.45) is 1.68. The van der Waals surface area contributed by atoms with Gasteiger partial charge in [-0.25, -0.2) is 0 Å². The SMILES string of the molecule is COc1cccc(OCc2coc3cccc(N)c23)c1. The minimum absolute atomic E-state index is 0.397. The van der Waals surface area contributed by atoms with E-state index < -0.39 is 0 Å². The third-order valence-electron chi connectivity index (χ3n) is 3.14. The van der Waals surface area contributed by atoms with Gasteiger partial charge in [0.15, 0.2) is 0 Å². The van der Waals surface area contributed by atoms with E-state index in [-0.39, 0.29) is 0 Å². The van der Waals surface area contributed by atoms with E-state index >= 15 is 0 Å². The lowest BCUT2D eigenvalue weighted by Gasteiger charge is -2.07. The number of hydrogen-bond donors (Lipinski definition) is 1. The molecule has 102 valence electrons. The minimum Gasteiger partial charge on any atom is -0.497 e. The van der Waals surface area contributed by atoms with Crippen LogP contribution in [0, 0.1) is 0 Å². The van der Waals surface area contributed by atoms with Crippen LogP contribution in [0.5, 0.6) is 11.5 Å². The van der Waals surface area contributed by atoms with Gasteiger partial charge in [-0.05, 0) is 24.3 Å². The summed E-state index contributed by atoms with van der Waals surface area (Å²) in [6.45, 7) is 0.397. The molecule has 0 spiro atoms. The maximum absolute atomic E-state index is 5.98. The fourth-order valence-corrected chi connectivity index (χ4v) is 2.14. The second-order valence-corrected chi connectivity index (χ2v) is 4.45. The van der Waals surface area contributed by atoms with E-state index in [1.54, 1.807) is 13.4 Å². The molecule has 4 heteroatoms. The van der Waals surface area contributed by atoms with Crippen molar-refractivity contribution in [3.05, 3.63) is 54.3 Å². The molecule has 4 nitrogen and oxygen atoms in total. The van der Waals surface area contributed by atoms with E-state index in [2.05, 4.69) is 0 Å². The molecule has 2 aromatic carbocycles. The number of nitrogens with two attached hydrogens (primary N) is 1. The molecule has 0 fully saturated rings.